The van der Waals surface area contributed by atoms with Crippen molar-refractivity contribution in [2.75, 3.05) is 5.73 Å². The molecule has 4 heteroatoms. The highest BCUT2D eigenvalue weighted by molar-refractivity contribution is 9.10. The van der Waals surface area contributed by atoms with E-state index in [0.717, 1.165) is 4.47 Å². The topological polar surface area (TPSA) is 48.1 Å². The number of halogens is 1. The van der Waals surface area contributed by atoms with E-state index in [0.29, 0.717) is 17.3 Å². The van der Waals surface area contributed by atoms with Crippen molar-refractivity contribution < 1.29 is 4.74 Å². The number of ether oxygens (including phenoxy) is 1. The molecular weight excluding hydrogens is 256 g/mol. The lowest BCUT2D eigenvalue weighted by atomic mass is 10.3. The van der Waals surface area contributed by atoms with Gasteiger partial charge < -0.3 is 10.5 Å². The Labute approximate surface area is 96.0 Å². The van der Waals surface area contributed by atoms with Gasteiger partial charge in [-0.15, -0.1) is 0 Å². The summed E-state index contributed by atoms with van der Waals surface area (Å²) < 4.78 is 6.36. The summed E-state index contributed by atoms with van der Waals surface area (Å²) in [6, 6.07) is 11.0. The van der Waals surface area contributed by atoms with Crippen molar-refractivity contribution in [3.63, 3.8) is 0 Å². The Bertz CT molecular complexity index is 430. The van der Waals surface area contributed by atoms with E-state index in [1.807, 2.05) is 24.3 Å². The highest BCUT2D eigenvalue weighted by atomic mass is 79.9. The molecule has 1 heterocycles. The SMILES string of the molecule is Nc1ccccc1Oc1ncccc1Br. The summed E-state index contributed by atoms with van der Waals surface area (Å²) in [5.74, 6) is 1.12. The van der Waals surface area contributed by atoms with Crippen molar-refractivity contribution in [3.05, 3.63) is 47.1 Å². The van der Waals surface area contributed by atoms with E-state index in [2.05, 4.69) is 20.9 Å². The fourth-order valence-electron chi connectivity index (χ4n) is 1.12. The van der Waals surface area contributed by atoms with Crippen LogP contribution in [0.4, 0.5) is 5.69 Å². The molecule has 2 rings (SSSR count). The lowest BCUT2D eigenvalue weighted by molar-refractivity contribution is 0.462. The number of nitrogen functional groups attached to an aromatic ring is 1. The van der Waals surface area contributed by atoms with Gasteiger partial charge in [-0.3, -0.25) is 0 Å². The summed E-state index contributed by atoms with van der Waals surface area (Å²) in [4.78, 5) is 4.09. The van der Waals surface area contributed by atoms with Gasteiger partial charge in [-0.1, -0.05) is 12.1 Å². The standard InChI is InChI=1S/C11H9BrN2O/c12-8-4-3-7-14-11(8)15-10-6-2-1-5-9(10)13/h1-7H,13H2. The predicted molar refractivity (Wildman–Crippen MR) is 62.9 cm³/mol. The van der Waals surface area contributed by atoms with Crippen LogP contribution in [0.5, 0.6) is 11.6 Å². The van der Waals surface area contributed by atoms with E-state index >= 15 is 0 Å². The maximum Gasteiger partial charge on any atom is 0.233 e. The quantitative estimate of drug-likeness (QED) is 0.848. The van der Waals surface area contributed by atoms with Crippen LogP contribution in [0.2, 0.25) is 0 Å². The molecule has 0 spiro atoms. The first-order valence-corrected chi connectivity index (χ1v) is 5.19. The lowest BCUT2D eigenvalue weighted by Gasteiger charge is -2.07. The van der Waals surface area contributed by atoms with Crippen molar-refractivity contribution in [1.82, 2.24) is 4.98 Å². The Morgan fingerprint density at radius 3 is 2.67 bits per heavy atom. The molecule has 15 heavy (non-hydrogen) atoms. The van der Waals surface area contributed by atoms with Crippen molar-refractivity contribution in [1.29, 1.82) is 0 Å². The first kappa shape index (κ1) is 9.98. The zero-order valence-electron chi connectivity index (χ0n) is 7.85. The predicted octanol–water partition coefficient (Wildman–Crippen LogP) is 3.22. The fourth-order valence-corrected chi connectivity index (χ4v) is 1.46. The summed E-state index contributed by atoms with van der Waals surface area (Å²) in [6.07, 6.45) is 1.67. The van der Waals surface area contributed by atoms with Gasteiger partial charge in [0, 0.05) is 6.20 Å². The van der Waals surface area contributed by atoms with E-state index in [-0.39, 0.29) is 0 Å². The van der Waals surface area contributed by atoms with Crippen LogP contribution >= 0.6 is 15.9 Å². The molecule has 0 saturated carbocycles. The molecular formula is C11H9BrN2O. The first-order valence-electron chi connectivity index (χ1n) is 4.40. The monoisotopic (exact) mass is 264 g/mol. The molecule has 0 amide bonds. The van der Waals surface area contributed by atoms with Crippen LogP contribution < -0.4 is 10.5 Å². The molecule has 0 unspecified atom stereocenters. The zero-order valence-corrected chi connectivity index (χ0v) is 9.44. The van der Waals surface area contributed by atoms with Crippen molar-refractivity contribution in [3.8, 4) is 11.6 Å². The molecule has 0 saturated heterocycles. The van der Waals surface area contributed by atoms with Gasteiger partial charge in [0.05, 0.1) is 10.2 Å². The number of anilines is 1. The number of hydrogen-bond acceptors (Lipinski definition) is 3. The van der Waals surface area contributed by atoms with Crippen LogP contribution in [0.25, 0.3) is 0 Å². The molecule has 0 radical (unpaired) electrons. The van der Waals surface area contributed by atoms with Gasteiger partial charge in [0.2, 0.25) is 5.88 Å². The van der Waals surface area contributed by atoms with Crippen LogP contribution in [0.15, 0.2) is 47.1 Å². The van der Waals surface area contributed by atoms with Crippen LogP contribution in [0.3, 0.4) is 0 Å². The van der Waals surface area contributed by atoms with Gasteiger partial charge in [-0.25, -0.2) is 4.98 Å². The molecule has 1 aromatic heterocycles. The summed E-state index contributed by atoms with van der Waals surface area (Å²) >= 11 is 3.35. The van der Waals surface area contributed by atoms with Gasteiger partial charge >= 0.3 is 0 Å². The Morgan fingerprint density at radius 1 is 1.13 bits per heavy atom. The van der Waals surface area contributed by atoms with Gasteiger partial charge in [0.25, 0.3) is 0 Å². The number of rotatable bonds is 2. The van der Waals surface area contributed by atoms with Crippen molar-refractivity contribution >= 4 is 21.6 Å². The molecule has 2 N–H and O–H groups in total. The zero-order chi connectivity index (χ0) is 10.7. The molecule has 0 atom stereocenters. The van der Waals surface area contributed by atoms with E-state index in [1.165, 1.54) is 0 Å². The third-order valence-electron chi connectivity index (χ3n) is 1.85. The van der Waals surface area contributed by atoms with Gasteiger partial charge in [-0.05, 0) is 40.2 Å². The highest BCUT2D eigenvalue weighted by Crippen LogP contribution is 2.29. The number of nitrogens with two attached hydrogens (primary N) is 1. The molecule has 0 aliphatic rings. The van der Waals surface area contributed by atoms with Crippen molar-refractivity contribution in [2.24, 2.45) is 0 Å². The molecule has 0 aliphatic heterocycles. The van der Waals surface area contributed by atoms with E-state index < -0.39 is 0 Å². The second-order valence-corrected chi connectivity index (χ2v) is 3.78. The Morgan fingerprint density at radius 2 is 1.93 bits per heavy atom. The number of para-hydroxylation sites is 2. The normalized spacial score (nSPS) is 9.93. The average Bonchev–Trinajstić information content (AvgIpc) is 2.24. The molecule has 1 aromatic carbocycles. The third kappa shape index (κ3) is 2.27. The number of benzene rings is 1. The minimum absolute atomic E-state index is 0.510. The second-order valence-electron chi connectivity index (χ2n) is 2.93. The number of pyridine rings is 1. The lowest BCUT2D eigenvalue weighted by Crippen LogP contribution is -1.93. The summed E-state index contributed by atoms with van der Waals surface area (Å²) in [7, 11) is 0. The summed E-state index contributed by atoms with van der Waals surface area (Å²) in [5.41, 5.74) is 6.34. The Balaban J connectivity index is 2.30. The largest absolute Gasteiger partial charge is 0.436 e. The molecule has 76 valence electrons. The summed E-state index contributed by atoms with van der Waals surface area (Å²) in [5, 5.41) is 0. The average molecular weight is 265 g/mol. The smallest absolute Gasteiger partial charge is 0.233 e. The maximum atomic E-state index is 5.75. The molecule has 3 nitrogen and oxygen atoms in total. The second kappa shape index (κ2) is 4.31. The third-order valence-corrected chi connectivity index (χ3v) is 2.45. The van der Waals surface area contributed by atoms with E-state index in [9.17, 15) is 0 Å². The van der Waals surface area contributed by atoms with Gasteiger partial charge in [-0.2, -0.15) is 0 Å². The number of aromatic nitrogens is 1. The molecule has 0 aliphatic carbocycles. The summed E-state index contributed by atoms with van der Waals surface area (Å²) in [6.45, 7) is 0. The highest BCUT2D eigenvalue weighted by Gasteiger charge is 2.04. The number of nitrogens with zero attached hydrogens (tertiary/aromatic N) is 1. The fraction of sp³-hybridized carbons (Fsp3) is 0. The Kier molecular flexibility index (Phi) is 2.87. The molecule has 2 aromatic rings. The van der Waals surface area contributed by atoms with Gasteiger partial charge in [0.15, 0.2) is 5.75 Å². The molecule has 0 bridgehead atoms. The van der Waals surface area contributed by atoms with Crippen LogP contribution in [0.1, 0.15) is 0 Å². The van der Waals surface area contributed by atoms with E-state index in [1.54, 1.807) is 18.3 Å². The van der Waals surface area contributed by atoms with Crippen LogP contribution in [-0.4, -0.2) is 4.98 Å². The number of hydrogen-bond donors (Lipinski definition) is 1. The Hall–Kier alpha value is -1.55. The minimum Gasteiger partial charge on any atom is -0.436 e. The minimum atomic E-state index is 0.510. The van der Waals surface area contributed by atoms with Crippen LogP contribution in [-0.2, 0) is 0 Å². The van der Waals surface area contributed by atoms with Crippen LogP contribution in [0, 0.1) is 0 Å². The molecule has 0 fully saturated rings. The van der Waals surface area contributed by atoms with Gasteiger partial charge in [0.1, 0.15) is 0 Å². The van der Waals surface area contributed by atoms with E-state index in [4.69, 9.17) is 10.5 Å². The maximum absolute atomic E-state index is 5.75. The van der Waals surface area contributed by atoms with Crippen molar-refractivity contribution in [2.45, 2.75) is 0 Å². The first-order chi connectivity index (χ1) is 7.27.